The highest BCUT2D eigenvalue weighted by Crippen LogP contribution is 2.53. The molecule has 1 saturated heterocycles. The second-order valence-corrected chi connectivity index (χ2v) is 14.1. The summed E-state index contributed by atoms with van der Waals surface area (Å²) in [4.78, 5) is 28.0. The molecule has 1 aromatic carbocycles. The summed E-state index contributed by atoms with van der Waals surface area (Å²) in [5.74, 6) is -0.219. The van der Waals surface area contributed by atoms with Crippen LogP contribution in [0.1, 0.15) is 67.0 Å². The van der Waals surface area contributed by atoms with Gasteiger partial charge in [-0.25, -0.2) is 15.0 Å². The van der Waals surface area contributed by atoms with Crippen molar-refractivity contribution in [3.05, 3.63) is 69.2 Å². The number of piperidine rings is 1. The lowest BCUT2D eigenvalue weighted by Gasteiger charge is -2.44. The largest absolute Gasteiger partial charge is 0.598 e. The first-order valence-corrected chi connectivity index (χ1v) is 14.8. The maximum absolute atomic E-state index is 13.2. The molecule has 2 atom stereocenters. The SMILES string of the molecule is Cc1nc(N2CCC3(CC2)Cc2ccccc2[C@H]3N[S@+]([O-])C(C)(C)C)nc(C(N)=O)c1-c1ccnc(Cl)c1Cl. The summed E-state index contributed by atoms with van der Waals surface area (Å²) < 4.78 is 16.3. The number of primary amides is 1. The third kappa shape index (κ3) is 5.23. The second-order valence-electron chi connectivity index (χ2n) is 11.3. The number of amides is 1. The van der Waals surface area contributed by atoms with E-state index < -0.39 is 17.3 Å². The summed E-state index contributed by atoms with van der Waals surface area (Å²) >= 11 is 11.3. The smallest absolute Gasteiger partial charge is 0.268 e. The van der Waals surface area contributed by atoms with Crippen LogP contribution in [0.4, 0.5) is 5.95 Å². The number of aromatic nitrogens is 3. The van der Waals surface area contributed by atoms with Crippen LogP contribution in [0.5, 0.6) is 0 Å². The van der Waals surface area contributed by atoms with Crippen molar-refractivity contribution in [2.75, 3.05) is 18.0 Å². The van der Waals surface area contributed by atoms with Gasteiger partial charge in [-0.3, -0.25) is 4.79 Å². The van der Waals surface area contributed by atoms with Crippen LogP contribution in [0.2, 0.25) is 10.2 Å². The summed E-state index contributed by atoms with van der Waals surface area (Å²) in [6.07, 6.45) is 4.14. The Bertz CT molecular complexity index is 1420. The normalized spacial score (nSPS) is 19.3. The van der Waals surface area contributed by atoms with Gasteiger partial charge in [0.25, 0.3) is 5.91 Å². The Balaban J connectivity index is 1.44. The van der Waals surface area contributed by atoms with Crippen LogP contribution < -0.4 is 15.4 Å². The van der Waals surface area contributed by atoms with E-state index in [4.69, 9.17) is 33.9 Å². The third-order valence-electron chi connectivity index (χ3n) is 7.77. The van der Waals surface area contributed by atoms with E-state index in [0.29, 0.717) is 35.9 Å². The highest BCUT2D eigenvalue weighted by molar-refractivity contribution is 7.90. The molecule has 0 radical (unpaired) electrons. The number of anilines is 1. The lowest BCUT2D eigenvalue weighted by atomic mass is 9.73. The average Bonchev–Trinajstić information content (AvgIpc) is 3.17. The van der Waals surface area contributed by atoms with Crippen molar-refractivity contribution in [2.24, 2.45) is 11.1 Å². The first kappa shape index (κ1) is 28.1. The van der Waals surface area contributed by atoms with Gasteiger partial charge in [0.1, 0.15) is 15.6 Å². The maximum atomic E-state index is 13.2. The number of carbonyl (C=O) groups excluding carboxylic acids is 1. The van der Waals surface area contributed by atoms with Gasteiger partial charge in [-0.05, 0) is 64.2 Å². The summed E-state index contributed by atoms with van der Waals surface area (Å²) in [6, 6.07) is 10.1. The van der Waals surface area contributed by atoms with Crippen molar-refractivity contribution in [2.45, 2.75) is 57.7 Å². The van der Waals surface area contributed by atoms with E-state index in [1.807, 2.05) is 26.8 Å². The molecule has 0 unspecified atom stereocenters. The van der Waals surface area contributed by atoms with Gasteiger partial charge in [-0.1, -0.05) is 47.5 Å². The molecule has 8 nitrogen and oxygen atoms in total. The third-order valence-corrected chi connectivity index (χ3v) is 10.1. The summed E-state index contributed by atoms with van der Waals surface area (Å²) in [5.41, 5.74) is 9.85. The van der Waals surface area contributed by atoms with Gasteiger partial charge in [-0.2, -0.15) is 0 Å². The fourth-order valence-corrected chi connectivity index (χ4v) is 7.00. The first-order chi connectivity index (χ1) is 18.4. The topological polar surface area (TPSA) is 120 Å². The summed E-state index contributed by atoms with van der Waals surface area (Å²) in [6.45, 7) is 9.13. The highest BCUT2D eigenvalue weighted by atomic mass is 35.5. The van der Waals surface area contributed by atoms with Gasteiger partial charge < -0.3 is 15.2 Å². The van der Waals surface area contributed by atoms with Crippen molar-refractivity contribution in [3.8, 4) is 11.1 Å². The molecule has 39 heavy (non-hydrogen) atoms. The fourth-order valence-electron chi connectivity index (χ4n) is 5.69. The molecular weight excluding hydrogens is 555 g/mol. The van der Waals surface area contributed by atoms with E-state index >= 15 is 0 Å². The van der Waals surface area contributed by atoms with Gasteiger partial charge in [-0.15, -0.1) is 4.72 Å². The molecule has 5 rings (SSSR count). The second kappa shape index (κ2) is 10.5. The predicted molar refractivity (Wildman–Crippen MR) is 156 cm³/mol. The van der Waals surface area contributed by atoms with Crippen LogP contribution in [0, 0.1) is 12.3 Å². The van der Waals surface area contributed by atoms with Crippen LogP contribution >= 0.6 is 23.2 Å². The van der Waals surface area contributed by atoms with Crippen LogP contribution in [0.25, 0.3) is 11.1 Å². The lowest BCUT2D eigenvalue weighted by molar-refractivity contribution is 0.0996. The monoisotopic (exact) mass is 586 g/mol. The van der Waals surface area contributed by atoms with Gasteiger partial charge in [0, 0.05) is 47.2 Å². The zero-order valence-electron chi connectivity index (χ0n) is 22.4. The average molecular weight is 588 g/mol. The van der Waals surface area contributed by atoms with Gasteiger partial charge in [0.2, 0.25) is 5.95 Å². The number of hydrogen-bond acceptors (Lipinski definition) is 7. The van der Waals surface area contributed by atoms with E-state index in [2.05, 4.69) is 37.8 Å². The van der Waals surface area contributed by atoms with E-state index in [1.54, 1.807) is 13.0 Å². The number of rotatable bonds is 5. The van der Waals surface area contributed by atoms with Crippen LogP contribution in [-0.4, -0.2) is 43.2 Å². The van der Waals surface area contributed by atoms with Crippen LogP contribution in [0.15, 0.2) is 36.5 Å². The van der Waals surface area contributed by atoms with Crippen molar-refractivity contribution < 1.29 is 9.35 Å². The van der Waals surface area contributed by atoms with Crippen LogP contribution in [0.3, 0.4) is 0 Å². The standard InChI is InChI=1S/C28H32Cl2N6O2S/c1-16-20(19-9-12-32-24(30)21(19)29)22(25(31)37)34-26(33-16)36-13-10-28(11-14-36)15-17-7-5-6-8-18(17)23(28)35-39(38)27(2,3)4/h5-9,12,23,35H,10-11,13-15H2,1-4H3,(H2,31,37)/t23-,39-/m1/s1. The Labute approximate surface area is 242 Å². The lowest BCUT2D eigenvalue weighted by Crippen LogP contribution is -2.50. The number of nitrogens with two attached hydrogens (primary N) is 1. The summed E-state index contributed by atoms with van der Waals surface area (Å²) in [7, 11) is 0. The summed E-state index contributed by atoms with van der Waals surface area (Å²) in [5, 5.41) is 0.343. The quantitative estimate of drug-likeness (QED) is 0.312. The molecule has 11 heteroatoms. The molecule has 1 aliphatic carbocycles. The molecule has 1 fully saturated rings. The molecule has 0 saturated carbocycles. The zero-order valence-corrected chi connectivity index (χ0v) is 24.8. The van der Waals surface area contributed by atoms with E-state index in [0.717, 1.165) is 19.3 Å². The number of nitrogens with one attached hydrogen (secondary N) is 1. The molecule has 1 amide bonds. The van der Waals surface area contributed by atoms with Crippen molar-refractivity contribution in [1.29, 1.82) is 0 Å². The fraction of sp³-hybridized carbons (Fsp3) is 0.429. The van der Waals surface area contributed by atoms with E-state index in [9.17, 15) is 9.35 Å². The molecule has 2 aromatic heterocycles. The number of hydrogen-bond donors (Lipinski definition) is 2. The Morgan fingerprint density at radius 1 is 1.18 bits per heavy atom. The van der Waals surface area contributed by atoms with Gasteiger partial charge in [0.15, 0.2) is 0 Å². The zero-order chi connectivity index (χ0) is 28.1. The molecule has 0 bridgehead atoms. The Morgan fingerprint density at radius 2 is 1.87 bits per heavy atom. The number of nitrogens with zero attached hydrogens (tertiary/aromatic N) is 4. The van der Waals surface area contributed by atoms with E-state index in [1.165, 1.54) is 17.3 Å². The van der Waals surface area contributed by atoms with E-state index in [-0.39, 0.29) is 32.1 Å². The van der Waals surface area contributed by atoms with Gasteiger partial charge >= 0.3 is 0 Å². The Kier molecular flexibility index (Phi) is 7.58. The minimum absolute atomic E-state index is 0.0132. The molecule has 2 aliphatic rings. The number of benzene rings is 1. The molecule has 3 heterocycles. The van der Waals surface area contributed by atoms with Crippen molar-refractivity contribution in [3.63, 3.8) is 0 Å². The number of carbonyl (C=O) groups is 1. The molecule has 1 aliphatic heterocycles. The maximum Gasteiger partial charge on any atom is 0.268 e. The van der Waals surface area contributed by atoms with Crippen molar-refractivity contribution >= 4 is 46.4 Å². The predicted octanol–water partition coefficient (Wildman–Crippen LogP) is 5.19. The Morgan fingerprint density at radius 3 is 2.54 bits per heavy atom. The van der Waals surface area contributed by atoms with Crippen molar-refractivity contribution in [1.82, 2.24) is 19.7 Å². The molecule has 3 N–H and O–H groups in total. The minimum Gasteiger partial charge on any atom is -0.598 e. The number of halogens is 2. The van der Waals surface area contributed by atoms with Gasteiger partial charge in [0.05, 0.1) is 16.8 Å². The molecular formula is C28H32Cl2N6O2S. The Hall–Kier alpha value is -2.43. The molecule has 206 valence electrons. The van der Waals surface area contributed by atoms with Crippen LogP contribution in [-0.2, 0) is 17.8 Å². The first-order valence-electron chi connectivity index (χ1n) is 12.9. The molecule has 1 spiro atoms. The number of fused-ring (bicyclic) bond motifs is 1. The molecule has 3 aromatic rings. The number of aryl methyl sites for hydroxylation is 1. The minimum atomic E-state index is -1.21. The highest BCUT2D eigenvalue weighted by Gasteiger charge is 2.50. The number of pyridine rings is 1.